The summed E-state index contributed by atoms with van der Waals surface area (Å²) in [7, 11) is 0. The van der Waals surface area contributed by atoms with Gasteiger partial charge in [-0.25, -0.2) is 0 Å². The maximum atomic E-state index is 12.6. The van der Waals surface area contributed by atoms with Crippen molar-refractivity contribution >= 4 is 57.4 Å². The standard InChI is InChI=1S/C13H10Cl2IN3O/c1-7-6-18(8-2-3-9(14)10(15)4-8)13(20)12-11(16)5-17-19(7)12/h2-5,7H,6H2,1H3/t7-/m0/s1. The van der Waals surface area contributed by atoms with Gasteiger partial charge in [0.1, 0.15) is 5.69 Å². The summed E-state index contributed by atoms with van der Waals surface area (Å²) >= 11 is 14.1. The topological polar surface area (TPSA) is 38.1 Å². The second-order valence-electron chi connectivity index (χ2n) is 4.65. The number of hydrogen-bond acceptors (Lipinski definition) is 2. The largest absolute Gasteiger partial charge is 0.305 e. The van der Waals surface area contributed by atoms with E-state index in [1.54, 1.807) is 34.0 Å². The number of carbonyl (C=O) groups is 1. The highest BCUT2D eigenvalue weighted by molar-refractivity contribution is 14.1. The Morgan fingerprint density at radius 1 is 1.35 bits per heavy atom. The van der Waals surface area contributed by atoms with E-state index in [4.69, 9.17) is 23.2 Å². The number of aromatic nitrogens is 2. The number of benzene rings is 1. The van der Waals surface area contributed by atoms with Crippen molar-refractivity contribution in [3.63, 3.8) is 0 Å². The number of hydrogen-bond donors (Lipinski definition) is 0. The van der Waals surface area contributed by atoms with Crippen LogP contribution in [-0.4, -0.2) is 22.2 Å². The fourth-order valence-corrected chi connectivity index (χ4v) is 3.20. The van der Waals surface area contributed by atoms with Crippen LogP contribution in [0.5, 0.6) is 0 Å². The Kier molecular flexibility index (Phi) is 3.68. The van der Waals surface area contributed by atoms with Gasteiger partial charge in [0.2, 0.25) is 0 Å². The molecule has 104 valence electrons. The average Bonchev–Trinajstić information content (AvgIpc) is 2.80. The van der Waals surface area contributed by atoms with Gasteiger partial charge < -0.3 is 4.90 Å². The SMILES string of the molecule is C[C@H]1CN(c2ccc(Cl)c(Cl)c2)C(=O)c2c(I)cnn21. The molecule has 0 aliphatic carbocycles. The van der Waals surface area contributed by atoms with Crippen molar-refractivity contribution in [2.45, 2.75) is 13.0 Å². The first-order valence-electron chi connectivity index (χ1n) is 5.99. The van der Waals surface area contributed by atoms with Gasteiger partial charge in [-0.15, -0.1) is 0 Å². The molecule has 0 saturated heterocycles. The Morgan fingerprint density at radius 2 is 2.10 bits per heavy atom. The number of anilines is 1. The molecule has 1 aliphatic rings. The molecule has 1 atom stereocenters. The molecule has 0 N–H and O–H groups in total. The fourth-order valence-electron chi connectivity index (χ4n) is 2.30. The summed E-state index contributed by atoms with van der Waals surface area (Å²) < 4.78 is 2.63. The predicted octanol–water partition coefficient (Wildman–Crippen LogP) is 4.02. The van der Waals surface area contributed by atoms with Crippen molar-refractivity contribution in [1.82, 2.24) is 9.78 Å². The highest BCUT2D eigenvalue weighted by Crippen LogP contribution is 2.32. The lowest BCUT2D eigenvalue weighted by Gasteiger charge is -2.32. The molecule has 2 aromatic rings. The monoisotopic (exact) mass is 421 g/mol. The van der Waals surface area contributed by atoms with Gasteiger partial charge in [0, 0.05) is 12.2 Å². The molecule has 7 heteroatoms. The highest BCUT2D eigenvalue weighted by Gasteiger charge is 2.32. The lowest BCUT2D eigenvalue weighted by atomic mass is 10.1. The van der Waals surface area contributed by atoms with Crippen molar-refractivity contribution < 1.29 is 4.79 Å². The van der Waals surface area contributed by atoms with Crippen LogP contribution < -0.4 is 4.90 Å². The number of carbonyl (C=O) groups excluding carboxylic acids is 1. The van der Waals surface area contributed by atoms with Crippen LogP contribution in [-0.2, 0) is 0 Å². The molecule has 1 aromatic heterocycles. The van der Waals surface area contributed by atoms with Crippen LogP contribution in [0.15, 0.2) is 24.4 Å². The molecule has 4 nitrogen and oxygen atoms in total. The third-order valence-electron chi connectivity index (χ3n) is 3.28. The van der Waals surface area contributed by atoms with Crippen molar-refractivity contribution in [3.8, 4) is 0 Å². The normalized spacial score (nSPS) is 18.3. The summed E-state index contributed by atoms with van der Waals surface area (Å²) in [6.07, 6.45) is 1.71. The lowest BCUT2D eigenvalue weighted by molar-refractivity contribution is 0.0952. The minimum Gasteiger partial charge on any atom is -0.305 e. The van der Waals surface area contributed by atoms with Crippen molar-refractivity contribution in [3.05, 3.63) is 43.7 Å². The Bertz CT molecular complexity index is 701. The van der Waals surface area contributed by atoms with Crippen LogP contribution in [0, 0.1) is 3.57 Å². The Balaban J connectivity index is 2.06. The maximum Gasteiger partial charge on any atom is 0.277 e. The van der Waals surface area contributed by atoms with Crippen LogP contribution in [0.25, 0.3) is 0 Å². The zero-order chi connectivity index (χ0) is 14.4. The summed E-state index contributed by atoms with van der Waals surface area (Å²) in [5, 5.41) is 5.18. The van der Waals surface area contributed by atoms with Crippen LogP contribution >= 0.6 is 45.8 Å². The number of amides is 1. The third kappa shape index (κ3) is 2.21. The van der Waals surface area contributed by atoms with Gasteiger partial charge in [-0.2, -0.15) is 5.10 Å². The fraction of sp³-hybridized carbons (Fsp3) is 0.231. The minimum atomic E-state index is -0.0663. The molecule has 2 heterocycles. The zero-order valence-corrected chi connectivity index (χ0v) is 14.1. The van der Waals surface area contributed by atoms with Gasteiger partial charge in [0.05, 0.1) is 25.9 Å². The van der Waals surface area contributed by atoms with E-state index >= 15 is 0 Å². The van der Waals surface area contributed by atoms with Crippen molar-refractivity contribution in [2.75, 3.05) is 11.4 Å². The van der Waals surface area contributed by atoms with E-state index in [0.717, 1.165) is 9.26 Å². The first kappa shape index (κ1) is 14.2. The third-order valence-corrected chi connectivity index (χ3v) is 4.81. The smallest absolute Gasteiger partial charge is 0.277 e. The van der Waals surface area contributed by atoms with E-state index < -0.39 is 0 Å². The Hall–Kier alpha value is -0.790. The molecule has 0 bridgehead atoms. The summed E-state index contributed by atoms with van der Waals surface area (Å²) in [4.78, 5) is 14.3. The average molecular weight is 422 g/mol. The Morgan fingerprint density at radius 3 is 2.80 bits per heavy atom. The van der Waals surface area contributed by atoms with Gasteiger partial charge in [0.25, 0.3) is 5.91 Å². The number of rotatable bonds is 1. The molecular weight excluding hydrogens is 412 g/mol. The number of nitrogens with zero attached hydrogens (tertiary/aromatic N) is 3. The lowest BCUT2D eigenvalue weighted by Crippen LogP contribution is -2.43. The van der Waals surface area contributed by atoms with Gasteiger partial charge in [-0.1, -0.05) is 23.2 Å². The second-order valence-corrected chi connectivity index (χ2v) is 6.63. The molecule has 0 spiro atoms. The highest BCUT2D eigenvalue weighted by atomic mass is 127. The molecule has 3 rings (SSSR count). The zero-order valence-electron chi connectivity index (χ0n) is 10.5. The van der Waals surface area contributed by atoms with E-state index in [0.29, 0.717) is 22.3 Å². The number of halogens is 3. The number of fused-ring (bicyclic) bond motifs is 1. The molecule has 20 heavy (non-hydrogen) atoms. The van der Waals surface area contributed by atoms with Crippen LogP contribution in [0.3, 0.4) is 0 Å². The van der Waals surface area contributed by atoms with E-state index in [1.165, 1.54) is 0 Å². The Labute approximate surface area is 139 Å². The molecule has 0 fully saturated rings. The molecular formula is C13H10Cl2IN3O. The van der Waals surface area contributed by atoms with E-state index in [1.807, 2.05) is 6.92 Å². The summed E-state index contributed by atoms with van der Waals surface area (Å²) in [6, 6.07) is 5.33. The summed E-state index contributed by atoms with van der Waals surface area (Å²) in [6.45, 7) is 2.59. The van der Waals surface area contributed by atoms with E-state index in [2.05, 4.69) is 27.7 Å². The predicted molar refractivity (Wildman–Crippen MR) is 87.8 cm³/mol. The minimum absolute atomic E-state index is 0.0663. The van der Waals surface area contributed by atoms with Crippen LogP contribution in [0.4, 0.5) is 5.69 Å². The van der Waals surface area contributed by atoms with E-state index in [9.17, 15) is 4.79 Å². The van der Waals surface area contributed by atoms with Crippen molar-refractivity contribution in [2.24, 2.45) is 0 Å². The molecule has 0 unspecified atom stereocenters. The molecule has 0 radical (unpaired) electrons. The van der Waals surface area contributed by atoms with Gasteiger partial charge in [-0.3, -0.25) is 9.48 Å². The van der Waals surface area contributed by atoms with Crippen LogP contribution in [0.1, 0.15) is 23.5 Å². The van der Waals surface area contributed by atoms with Crippen LogP contribution in [0.2, 0.25) is 10.0 Å². The van der Waals surface area contributed by atoms with Gasteiger partial charge >= 0.3 is 0 Å². The first-order valence-corrected chi connectivity index (χ1v) is 7.82. The van der Waals surface area contributed by atoms with E-state index in [-0.39, 0.29) is 11.9 Å². The maximum absolute atomic E-state index is 12.6. The second kappa shape index (κ2) is 5.20. The van der Waals surface area contributed by atoms with Gasteiger partial charge in [-0.05, 0) is 47.7 Å². The first-order chi connectivity index (χ1) is 9.49. The molecule has 1 aliphatic heterocycles. The van der Waals surface area contributed by atoms with Gasteiger partial charge in [0.15, 0.2) is 0 Å². The molecule has 1 aromatic carbocycles. The summed E-state index contributed by atoms with van der Waals surface area (Å²) in [5.74, 6) is -0.0663. The molecule has 1 amide bonds. The molecule has 0 saturated carbocycles. The van der Waals surface area contributed by atoms with Crippen molar-refractivity contribution in [1.29, 1.82) is 0 Å². The summed E-state index contributed by atoms with van der Waals surface area (Å²) in [5.41, 5.74) is 1.37. The quantitative estimate of drug-likeness (QED) is 0.652.